The number of nitrogens with zero attached hydrogens (tertiary/aromatic N) is 2. The quantitative estimate of drug-likeness (QED) is 0.766. The van der Waals surface area contributed by atoms with Crippen LogP contribution in [0.5, 0.6) is 0 Å². The van der Waals surface area contributed by atoms with Crippen LogP contribution in [0.1, 0.15) is 11.6 Å². The predicted molar refractivity (Wildman–Crippen MR) is 91.5 cm³/mol. The topological polar surface area (TPSA) is 67.1 Å². The summed E-state index contributed by atoms with van der Waals surface area (Å²) in [5.74, 6) is -1.000. The fraction of sp³-hybridized carbons (Fsp3) is 0.0526. The Labute approximate surface area is 143 Å². The van der Waals surface area contributed by atoms with Crippen molar-refractivity contribution >= 4 is 11.8 Å². The molecule has 0 bridgehead atoms. The molecule has 124 valence electrons. The lowest BCUT2D eigenvalue weighted by molar-refractivity contribution is -0.132. The summed E-state index contributed by atoms with van der Waals surface area (Å²) in [4.78, 5) is 11.4. The summed E-state index contributed by atoms with van der Waals surface area (Å²) in [6.07, 6.45) is 1.47. The Morgan fingerprint density at radius 3 is 2.56 bits per heavy atom. The summed E-state index contributed by atoms with van der Waals surface area (Å²) < 4.78 is 15.9. The third-order valence-corrected chi connectivity index (χ3v) is 4.11. The maximum atomic E-state index is 14.3. The molecule has 0 spiro atoms. The summed E-state index contributed by atoms with van der Waals surface area (Å²) in [6.45, 7) is 0. The van der Waals surface area contributed by atoms with E-state index in [0.717, 1.165) is 5.56 Å². The first-order valence-corrected chi connectivity index (χ1v) is 7.75. The number of rotatable bonds is 3. The summed E-state index contributed by atoms with van der Waals surface area (Å²) in [5.41, 5.74) is 1.95. The molecule has 5 nitrogen and oxygen atoms in total. The maximum Gasteiger partial charge on any atom is 0.352 e. The molecule has 0 unspecified atom stereocenters. The van der Waals surface area contributed by atoms with E-state index >= 15 is 0 Å². The highest BCUT2D eigenvalue weighted by Gasteiger charge is 2.27. The van der Waals surface area contributed by atoms with Crippen LogP contribution in [0.25, 0.3) is 11.3 Å². The fourth-order valence-electron chi connectivity index (χ4n) is 2.92. The van der Waals surface area contributed by atoms with Crippen LogP contribution in [0.4, 0.5) is 10.2 Å². The molecule has 1 aromatic heterocycles. The van der Waals surface area contributed by atoms with Crippen molar-refractivity contribution in [2.45, 2.75) is 6.04 Å². The molecule has 1 atom stereocenters. The van der Waals surface area contributed by atoms with Crippen molar-refractivity contribution in [2.75, 3.05) is 5.32 Å². The van der Waals surface area contributed by atoms with Gasteiger partial charge in [-0.25, -0.2) is 13.9 Å². The third kappa shape index (κ3) is 2.67. The zero-order valence-corrected chi connectivity index (χ0v) is 13.1. The molecule has 0 fully saturated rings. The normalized spacial score (nSPS) is 15.9. The van der Waals surface area contributed by atoms with Gasteiger partial charge in [-0.15, -0.1) is 0 Å². The van der Waals surface area contributed by atoms with Gasteiger partial charge < -0.3 is 10.4 Å². The summed E-state index contributed by atoms with van der Waals surface area (Å²) in [5, 5.41) is 16.8. The SMILES string of the molecule is O=C(O)C1=C[C@H](c2ccccc2F)n2nc(-c3ccccc3)cc2N1. The van der Waals surface area contributed by atoms with Gasteiger partial charge >= 0.3 is 5.97 Å². The molecule has 0 amide bonds. The molecule has 2 heterocycles. The lowest BCUT2D eigenvalue weighted by atomic mass is 10.0. The van der Waals surface area contributed by atoms with Crippen molar-refractivity contribution in [3.8, 4) is 11.3 Å². The van der Waals surface area contributed by atoms with E-state index in [2.05, 4.69) is 10.4 Å². The average Bonchev–Trinajstić information content (AvgIpc) is 3.06. The average molecular weight is 335 g/mol. The monoisotopic (exact) mass is 335 g/mol. The molecule has 2 aromatic carbocycles. The molecular weight excluding hydrogens is 321 g/mol. The Balaban J connectivity index is 1.86. The molecule has 1 aliphatic rings. The Bertz CT molecular complexity index is 979. The second-order valence-corrected chi connectivity index (χ2v) is 5.70. The van der Waals surface area contributed by atoms with Crippen LogP contribution in [0.3, 0.4) is 0 Å². The number of hydrogen-bond donors (Lipinski definition) is 2. The van der Waals surface area contributed by atoms with Gasteiger partial charge in [-0.05, 0) is 12.1 Å². The van der Waals surface area contributed by atoms with Crippen LogP contribution in [-0.2, 0) is 4.79 Å². The maximum absolute atomic E-state index is 14.3. The van der Waals surface area contributed by atoms with E-state index in [-0.39, 0.29) is 5.70 Å². The van der Waals surface area contributed by atoms with Crippen LogP contribution in [-0.4, -0.2) is 20.9 Å². The van der Waals surface area contributed by atoms with Crippen LogP contribution >= 0.6 is 0 Å². The number of fused-ring (bicyclic) bond motifs is 1. The molecule has 0 radical (unpaired) electrons. The van der Waals surface area contributed by atoms with Gasteiger partial charge in [-0.2, -0.15) is 5.10 Å². The van der Waals surface area contributed by atoms with E-state index in [0.29, 0.717) is 17.1 Å². The number of aliphatic carboxylic acids is 1. The lowest BCUT2D eigenvalue weighted by Gasteiger charge is -2.23. The standard InChI is InChI=1S/C19H14FN3O2/c20-14-9-5-4-8-13(14)17-10-16(19(24)25)21-18-11-15(22-23(17)18)12-6-2-1-3-7-12/h1-11,17,21H,(H,24,25)/t17-/m1/s1. The van der Waals surface area contributed by atoms with E-state index in [1.54, 1.807) is 28.9 Å². The number of carboxylic acids is 1. The lowest BCUT2D eigenvalue weighted by Crippen LogP contribution is -2.24. The highest BCUT2D eigenvalue weighted by molar-refractivity contribution is 5.91. The summed E-state index contributed by atoms with van der Waals surface area (Å²) in [7, 11) is 0. The van der Waals surface area contributed by atoms with E-state index in [1.807, 2.05) is 30.3 Å². The van der Waals surface area contributed by atoms with E-state index in [1.165, 1.54) is 12.1 Å². The Hall–Kier alpha value is -3.41. The molecule has 0 saturated carbocycles. The minimum absolute atomic E-state index is 0.000245. The molecule has 3 aromatic rings. The van der Waals surface area contributed by atoms with Crippen molar-refractivity contribution in [3.05, 3.63) is 83.8 Å². The molecule has 6 heteroatoms. The van der Waals surface area contributed by atoms with Gasteiger partial charge in [0.15, 0.2) is 0 Å². The first-order valence-electron chi connectivity index (χ1n) is 7.75. The van der Waals surface area contributed by atoms with Gasteiger partial charge in [0.05, 0.1) is 5.69 Å². The third-order valence-electron chi connectivity index (χ3n) is 4.11. The zero-order valence-electron chi connectivity index (χ0n) is 13.1. The van der Waals surface area contributed by atoms with E-state index < -0.39 is 17.8 Å². The number of carboxylic acid groups (broad SMARTS) is 1. The van der Waals surface area contributed by atoms with Crippen molar-refractivity contribution in [1.82, 2.24) is 9.78 Å². The van der Waals surface area contributed by atoms with Gasteiger partial charge in [0.25, 0.3) is 0 Å². The first kappa shape index (κ1) is 15.1. The van der Waals surface area contributed by atoms with Gasteiger partial charge in [0.1, 0.15) is 23.4 Å². The molecule has 4 rings (SSSR count). The van der Waals surface area contributed by atoms with Gasteiger partial charge in [0.2, 0.25) is 0 Å². The minimum Gasteiger partial charge on any atom is -0.477 e. The van der Waals surface area contributed by atoms with E-state index in [4.69, 9.17) is 0 Å². The number of aromatic nitrogens is 2. The van der Waals surface area contributed by atoms with Crippen molar-refractivity contribution in [1.29, 1.82) is 0 Å². The first-order chi connectivity index (χ1) is 12.1. The Morgan fingerprint density at radius 1 is 1.12 bits per heavy atom. The fourth-order valence-corrected chi connectivity index (χ4v) is 2.92. The van der Waals surface area contributed by atoms with Crippen LogP contribution in [0.15, 0.2) is 72.4 Å². The zero-order chi connectivity index (χ0) is 17.4. The number of halogens is 1. The number of benzene rings is 2. The number of carbonyl (C=O) groups is 1. The summed E-state index contributed by atoms with van der Waals surface area (Å²) >= 11 is 0. The van der Waals surface area contributed by atoms with Gasteiger partial charge in [0, 0.05) is 17.2 Å². The van der Waals surface area contributed by atoms with Crippen LogP contribution < -0.4 is 5.32 Å². The second-order valence-electron chi connectivity index (χ2n) is 5.70. The molecule has 25 heavy (non-hydrogen) atoms. The molecule has 0 saturated heterocycles. The highest BCUT2D eigenvalue weighted by Crippen LogP contribution is 2.34. The number of anilines is 1. The van der Waals surface area contributed by atoms with Crippen molar-refractivity contribution in [2.24, 2.45) is 0 Å². The smallest absolute Gasteiger partial charge is 0.352 e. The number of allylic oxidation sites excluding steroid dienone is 1. The van der Waals surface area contributed by atoms with Crippen molar-refractivity contribution < 1.29 is 14.3 Å². The van der Waals surface area contributed by atoms with Crippen LogP contribution in [0.2, 0.25) is 0 Å². The minimum atomic E-state index is -1.10. The predicted octanol–water partition coefficient (Wildman–Crippen LogP) is 3.67. The summed E-state index contributed by atoms with van der Waals surface area (Å²) in [6, 6.07) is 17.0. The van der Waals surface area contributed by atoms with Crippen LogP contribution in [0, 0.1) is 5.82 Å². The van der Waals surface area contributed by atoms with Gasteiger partial charge in [-0.1, -0.05) is 48.5 Å². The molecular formula is C19H14FN3O2. The van der Waals surface area contributed by atoms with Crippen molar-refractivity contribution in [3.63, 3.8) is 0 Å². The largest absolute Gasteiger partial charge is 0.477 e. The molecule has 1 aliphatic heterocycles. The highest BCUT2D eigenvalue weighted by atomic mass is 19.1. The van der Waals surface area contributed by atoms with E-state index in [9.17, 15) is 14.3 Å². The molecule has 0 aliphatic carbocycles. The molecule has 2 N–H and O–H groups in total. The Morgan fingerprint density at radius 2 is 1.84 bits per heavy atom. The number of hydrogen-bond acceptors (Lipinski definition) is 3. The number of nitrogens with one attached hydrogen (secondary N) is 1. The Kier molecular flexibility index (Phi) is 3.57. The van der Waals surface area contributed by atoms with Gasteiger partial charge in [-0.3, -0.25) is 0 Å². The second kappa shape index (κ2) is 5.90.